The van der Waals surface area contributed by atoms with E-state index in [9.17, 15) is 0 Å². The van der Waals surface area contributed by atoms with E-state index in [4.69, 9.17) is 5.73 Å². The first-order chi connectivity index (χ1) is 9.24. The highest BCUT2D eigenvalue weighted by Crippen LogP contribution is 2.53. The minimum Gasteiger partial charge on any atom is -0.324 e. The normalized spacial score (nSPS) is 31.2. The number of halogens is 1. The van der Waals surface area contributed by atoms with Crippen molar-refractivity contribution < 1.29 is 0 Å². The fraction of sp³-hybridized carbons (Fsp3) is 0.500. The maximum atomic E-state index is 6.64. The fourth-order valence-corrected chi connectivity index (χ4v) is 5.93. The van der Waals surface area contributed by atoms with Gasteiger partial charge in [-0.3, -0.25) is 0 Å². The number of rotatable bonds is 2. The maximum Gasteiger partial charge on any atom is 0.0488 e. The zero-order valence-electron chi connectivity index (χ0n) is 10.8. The van der Waals surface area contributed by atoms with Gasteiger partial charge in [0.2, 0.25) is 0 Å². The van der Waals surface area contributed by atoms with Gasteiger partial charge in [0.1, 0.15) is 0 Å². The predicted octanol–water partition coefficient (Wildman–Crippen LogP) is 5.10. The lowest BCUT2D eigenvalue weighted by molar-refractivity contribution is 0.286. The number of hydrogen-bond acceptors (Lipinski definition) is 2. The highest BCUT2D eigenvalue weighted by molar-refractivity contribution is 9.10. The van der Waals surface area contributed by atoms with Gasteiger partial charge in [-0.25, -0.2) is 0 Å². The van der Waals surface area contributed by atoms with E-state index in [2.05, 4.69) is 39.5 Å². The molecule has 2 fully saturated rings. The molecule has 0 saturated heterocycles. The second-order valence-corrected chi connectivity index (χ2v) is 7.91. The van der Waals surface area contributed by atoms with Gasteiger partial charge >= 0.3 is 0 Å². The predicted molar refractivity (Wildman–Crippen MR) is 85.4 cm³/mol. The molecule has 2 aromatic rings. The Kier molecular flexibility index (Phi) is 2.98. The van der Waals surface area contributed by atoms with Gasteiger partial charge in [-0.1, -0.05) is 18.6 Å². The van der Waals surface area contributed by atoms with Crippen molar-refractivity contribution in [2.45, 2.75) is 31.7 Å². The van der Waals surface area contributed by atoms with Crippen LogP contribution in [0.4, 0.5) is 0 Å². The Morgan fingerprint density at radius 2 is 2.16 bits per heavy atom. The molecule has 1 aromatic heterocycles. The van der Waals surface area contributed by atoms with Crippen LogP contribution in [-0.4, -0.2) is 0 Å². The van der Waals surface area contributed by atoms with Crippen LogP contribution in [0.5, 0.6) is 0 Å². The van der Waals surface area contributed by atoms with Gasteiger partial charge in [-0.15, -0.1) is 11.3 Å². The number of thiophene rings is 1. The lowest BCUT2D eigenvalue weighted by atomic mass is 9.81. The van der Waals surface area contributed by atoms with E-state index in [1.807, 2.05) is 11.3 Å². The first kappa shape index (κ1) is 12.4. The van der Waals surface area contributed by atoms with Crippen molar-refractivity contribution in [1.82, 2.24) is 0 Å². The third-order valence-electron chi connectivity index (χ3n) is 5.19. The second kappa shape index (κ2) is 4.57. The van der Waals surface area contributed by atoms with Crippen LogP contribution in [0.15, 0.2) is 28.1 Å². The van der Waals surface area contributed by atoms with E-state index < -0.39 is 0 Å². The zero-order chi connectivity index (χ0) is 13.0. The monoisotopic (exact) mass is 335 g/mol. The van der Waals surface area contributed by atoms with E-state index in [-0.39, 0.29) is 6.04 Å². The van der Waals surface area contributed by atoms with Gasteiger partial charge in [-0.05, 0) is 75.3 Å². The number of nitrogens with two attached hydrogens (primary N) is 1. The van der Waals surface area contributed by atoms with Crippen LogP contribution in [0.3, 0.4) is 0 Å². The van der Waals surface area contributed by atoms with Crippen molar-refractivity contribution in [3.05, 3.63) is 33.6 Å². The zero-order valence-corrected chi connectivity index (χ0v) is 13.2. The molecule has 4 rings (SSSR count). The van der Waals surface area contributed by atoms with Crippen molar-refractivity contribution in [1.29, 1.82) is 0 Å². The summed E-state index contributed by atoms with van der Waals surface area (Å²) < 4.78 is 2.54. The first-order valence-electron chi connectivity index (χ1n) is 7.15. The van der Waals surface area contributed by atoms with Crippen LogP contribution >= 0.6 is 27.3 Å². The van der Waals surface area contributed by atoms with E-state index in [1.165, 1.54) is 45.8 Å². The van der Waals surface area contributed by atoms with Crippen molar-refractivity contribution in [3.8, 4) is 0 Å². The summed E-state index contributed by atoms with van der Waals surface area (Å²) in [6.45, 7) is 0. The van der Waals surface area contributed by atoms with Crippen LogP contribution in [0.1, 0.15) is 37.3 Å². The Hall–Kier alpha value is -0.380. The summed E-state index contributed by atoms with van der Waals surface area (Å²) >= 11 is 5.47. The molecule has 3 heteroatoms. The van der Waals surface area contributed by atoms with Gasteiger partial charge in [0, 0.05) is 15.2 Å². The summed E-state index contributed by atoms with van der Waals surface area (Å²) in [5, 5.41) is 3.64. The lowest BCUT2D eigenvalue weighted by Crippen LogP contribution is -2.25. The van der Waals surface area contributed by atoms with Crippen LogP contribution in [0.25, 0.3) is 10.1 Å². The SMILES string of the molecule is NC(c1csc2c(Br)cccc12)C1CC2CCC1C2. The minimum absolute atomic E-state index is 0.235. The number of hydrogen-bond donors (Lipinski definition) is 1. The Labute approximate surface area is 126 Å². The Bertz CT molecular complexity index is 620. The van der Waals surface area contributed by atoms with Crippen molar-refractivity contribution in [2.24, 2.45) is 23.5 Å². The molecule has 0 spiro atoms. The summed E-state index contributed by atoms with van der Waals surface area (Å²) in [6, 6.07) is 6.69. The first-order valence-corrected chi connectivity index (χ1v) is 8.82. The molecule has 2 aliphatic rings. The third kappa shape index (κ3) is 1.90. The molecular formula is C16H18BrNS. The average molecular weight is 336 g/mol. The molecule has 1 aromatic carbocycles. The summed E-state index contributed by atoms with van der Waals surface area (Å²) in [7, 11) is 0. The molecule has 1 nitrogen and oxygen atoms in total. The van der Waals surface area contributed by atoms with E-state index in [1.54, 1.807) is 0 Å². The van der Waals surface area contributed by atoms with Gasteiger partial charge in [0.15, 0.2) is 0 Å². The smallest absolute Gasteiger partial charge is 0.0488 e. The molecule has 2 aliphatic carbocycles. The maximum absolute atomic E-state index is 6.64. The van der Waals surface area contributed by atoms with E-state index in [0.29, 0.717) is 0 Å². The molecule has 4 atom stereocenters. The molecule has 4 unspecified atom stereocenters. The van der Waals surface area contributed by atoms with Crippen LogP contribution < -0.4 is 5.73 Å². The molecule has 100 valence electrons. The Morgan fingerprint density at radius 1 is 1.26 bits per heavy atom. The Morgan fingerprint density at radius 3 is 2.89 bits per heavy atom. The van der Waals surface area contributed by atoms with Crippen molar-refractivity contribution in [3.63, 3.8) is 0 Å². The average Bonchev–Trinajstić information content (AvgIpc) is 3.12. The quantitative estimate of drug-likeness (QED) is 0.811. The summed E-state index contributed by atoms with van der Waals surface area (Å²) in [4.78, 5) is 0. The molecular weight excluding hydrogens is 318 g/mol. The second-order valence-electron chi connectivity index (χ2n) is 6.17. The van der Waals surface area contributed by atoms with Crippen molar-refractivity contribution in [2.75, 3.05) is 0 Å². The van der Waals surface area contributed by atoms with Gasteiger partial charge < -0.3 is 5.73 Å². The fourth-order valence-electron chi connectivity index (χ4n) is 4.26. The third-order valence-corrected chi connectivity index (χ3v) is 7.17. The topological polar surface area (TPSA) is 26.0 Å². The summed E-state index contributed by atoms with van der Waals surface area (Å²) in [5.74, 6) is 2.58. The largest absolute Gasteiger partial charge is 0.324 e. The standard InChI is InChI=1S/C16H18BrNS/c17-14-3-1-2-11-13(8-19-16(11)14)15(18)12-7-9-4-5-10(12)6-9/h1-3,8-10,12,15H,4-7,18H2. The Balaban J connectivity index is 1.72. The molecule has 19 heavy (non-hydrogen) atoms. The highest BCUT2D eigenvalue weighted by atomic mass is 79.9. The molecule has 0 aliphatic heterocycles. The summed E-state index contributed by atoms with van der Waals surface area (Å²) in [6.07, 6.45) is 5.65. The van der Waals surface area contributed by atoms with Crippen LogP contribution in [0, 0.1) is 17.8 Å². The highest BCUT2D eigenvalue weighted by Gasteiger charge is 2.42. The van der Waals surface area contributed by atoms with E-state index in [0.717, 1.165) is 17.8 Å². The van der Waals surface area contributed by atoms with Crippen LogP contribution in [0.2, 0.25) is 0 Å². The van der Waals surface area contributed by atoms with E-state index >= 15 is 0 Å². The molecule has 1 heterocycles. The lowest BCUT2D eigenvalue weighted by Gasteiger charge is -2.27. The molecule has 2 N–H and O–H groups in total. The molecule has 2 saturated carbocycles. The van der Waals surface area contributed by atoms with Gasteiger partial charge in [0.05, 0.1) is 0 Å². The minimum atomic E-state index is 0.235. The molecule has 0 radical (unpaired) electrons. The number of benzene rings is 1. The number of fused-ring (bicyclic) bond motifs is 3. The molecule has 2 bridgehead atoms. The van der Waals surface area contributed by atoms with Crippen molar-refractivity contribution >= 4 is 37.4 Å². The van der Waals surface area contributed by atoms with Gasteiger partial charge in [-0.2, -0.15) is 0 Å². The molecule has 0 amide bonds. The van der Waals surface area contributed by atoms with Gasteiger partial charge in [0.25, 0.3) is 0 Å². The van der Waals surface area contributed by atoms with Crippen LogP contribution in [-0.2, 0) is 0 Å². The summed E-state index contributed by atoms with van der Waals surface area (Å²) in [5.41, 5.74) is 8.01.